The smallest absolute Gasteiger partial charge is 0.268 e. The summed E-state index contributed by atoms with van der Waals surface area (Å²) in [5.41, 5.74) is 2.94. The number of hydroxylamine groups is 1. The molecule has 2 heterocycles. The van der Waals surface area contributed by atoms with E-state index in [-0.39, 0.29) is 17.7 Å². The van der Waals surface area contributed by atoms with Crippen molar-refractivity contribution in [3.8, 4) is 11.3 Å². The van der Waals surface area contributed by atoms with Crippen molar-refractivity contribution in [3.63, 3.8) is 0 Å². The lowest BCUT2D eigenvalue weighted by atomic mass is 10.1. The summed E-state index contributed by atoms with van der Waals surface area (Å²) in [6.07, 6.45) is 3.18. The molecule has 0 radical (unpaired) electrons. The van der Waals surface area contributed by atoms with Gasteiger partial charge < -0.3 is 0 Å². The van der Waals surface area contributed by atoms with Crippen LogP contribution in [0.5, 0.6) is 0 Å². The molecule has 1 unspecified atom stereocenters. The fourth-order valence-corrected chi connectivity index (χ4v) is 3.27. The zero-order valence-corrected chi connectivity index (χ0v) is 15.1. The minimum Gasteiger partial charge on any atom is -0.289 e. The molecule has 2 aromatic heterocycles. The Kier molecular flexibility index (Phi) is 5.01. The first-order valence-electron chi connectivity index (χ1n) is 8.84. The second-order valence-corrected chi connectivity index (χ2v) is 6.50. The third-order valence-corrected chi connectivity index (χ3v) is 4.68. The van der Waals surface area contributed by atoms with E-state index in [1.165, 1.54) is 29.2 Å². The molecule has 0 aliphatic rings. The molecule has 29 heavy (non-hydrogen) atoms. The molecule has 0 saturated carbocycles. The highest BCUT2D eigenvalue weighted by molar-refractivity contribution is 5.86. The average Bonchev–Trinajstić information content (AvgIpc) is 3.15. The predicted molar refractivity (Wildman–Crippen MR) is 102 cm³/mol. The van der Waals surface area contributed by atoms with Gasteiger partial charge in [0, 0.05) is 11.8 Å². The number of carbonyl (C=O) groups is 1. The molecule has 2 N–H and O–H groups in total. The molecule has 0 aliphatic carbocycles. The molecule has 0 spiro atoms. The van der Waals surface area contributed by atoms with Crippen molar-refractivity contribution in [2.24, 2.45) is 0 Å². The van der Waals surface area contributed by atoms with Gasteiger partial charge in [-0.3, -0.25) is 19.7 Å². The van der Waals surface area contributed by atoms with E-state index in [2.05, 4.69) is 10.1 Å². The van der Waals surface area contributed by atoms with Crippen LogP contribution in [-0.4, -0.2) is 25.9 Å². The fraction of sp³-hybridized carbons (Fsp3) is 0.0952. The number of pyridine rings is 1. The summed E-state index contributed by atoms with van der Waals surface area (Å²) in [4.78, 5) is 16.5. The summed E-state index contributed by atoms with van der Waals surface area (Å²) in [5.74, 6) is -2.07. The van der Waals surface area contributed by atoms with Crippen LogP contribution in [0.25, 0.3) is 22.2 Å². The molecule has 146 valence electrons. The van der Waals surface area contributed by atoms with Gasteiger partial charge >= 0.3 is 0 Å². The summed E-state index contributed by atoms with van der Waals surface area (Å²) >= 11 is 0. The number of nitrogens with one attached hydrogen (secondary N) is 1. The van der Waals surface area contributed by atoms with Crippen molar-refractivity contribution in [1.29, 1.82) is 0 Å². The van der Waals surface area contributed by atoms with Crippen molar-refractivity contribution < 1.29 is 18.8 Å². The van der Waals surface area contributed by atoms with Gasteiger partial charge in [-0.2, -0.15) is 5.10 Å². The van der Waals surface area contributed by atoms with Crippen molar-refractivity contribution in [3.05, 3.63) is 84.2 Å². The Hall–Kier alpha value is -3.65. The van der Waals surface area contributed by atoms with Crippen LogP contribution in [0.2, 0.25) is 0 Å². The molecule has 0 saturated heterocycles. The number of fused-ring (bicyclic) bond motifs is 1. The van der Waals surface area contributed by atoms with Crippen molar-refractivity contribution >= 4 is 16.8 Å². The van der Waals surface area contributed by atoms with Gasteiger partial charge in [0.1, 0.15) is 17.7 Å². The highest BCUT2D eigenvalue weighted by atomic mass is 19.1. The summed E-state index contributed by atoms with van der Waals surface area (Å²) in [6, 6.07) is 13.6. The van der Waals surface area contributed by atoms with Gasteiger partial charge in [-0.1, -0.05) is 36.4 Å². The van der Waals surface area contributed by atoms with Crippen LogP contribution < -0.4 is 5.48 Å². The molecule has 0 bridgehead atoms. The Balaban J connectivity index is 1.76. The molecule has 0 aliphatic heterocycles. The van der Waals surface area contributed by atoms with E-state index in [4.69, 9.17) is 5.21 Å². The van der Waals surface area contributed by atoms with E-state index in [9.17, 15) is 13.6 Å². The monoisotopic (exact) mass is 394 g/mol. The normalized spacial score (nSPS) is 12.1. The largest absolute Gasteiger partial charge is 0.289 e. The Labute approximate surface area is 164 Å². The van der Waals surface area contributed by atoms with Crippen LogP contribution in [0.15, 0.2) is 67.0 Å². The molecular formula is C21H16F2N4O2. The minimum absolute atomic E-state index is 0.124. The highest BCUT2D eigenvalue weighted by Crippen LogP contribution is 2.28. The third kappa shape index (κ3) is 3.57. The number of benzene rings is 2. The van der Waals surface area contributed by atoms with E-state index in [1.54, 1.807) is 5.48 Å². The number of hydrogen-bond donors (Lipinski definition) is 2. The van der Waals surface area contributed by atoms with E-state index in [0.29, 0.717) is 10.9 Å². The summed E-state index contributed by atoms with van der Waals surface area (Å²) < 4.78 is 29.6. The lowest BCUT2D eigenvalue weighted by molar-refractivity contribution is -0.132. The molecule has 6 nitrogen and oxygen atoms in total. The van der Waals surface area contributed by atoms with E-state index in [1.807, 2.05) is 30.3 Å². The number of rotatable bonds is 5. The molecule has 0 fully saturated rings. The zero-order valence-electron chi connectivity index (χ0n) is 15.1. The van der Waals surface area contributed by atoms with Gasteiger partial charge in [0.15, 0.2) is 0 Å². The maximum absolute atomic E-state index is 14.1. The van der Waals surface area contributed by atoms with Crippen LogP contribution in [0.1, 0.15) is 11.6 Å². The number of amides is 1. The quantitative estimate of drug-likeness (QED) is 0.400. The van der Waals surface area contributed by atoms with Gasteiger partial charge in [-0.05, 0) is 23.8 Å². The average molecular weight is 394 g/mol. The first-order chi connectivity index (χ1) is 14.1. The summed E-state index contributed by atoms with van der Waals surface area (Å²) in [5, 5.41) is 14.0. The maximum Gasteiger partial charge on any atom is 0.268 e. The van der Waals surface area contributed by atoms with E-state index < -0.39 is 23.6 Å². The molecule has 1 amide bonds. The second kappa shape index (κ2) is 7.76. The minimum atomic E-state index is -0.835. The van der Waals surface area contributed by atoms with Crippen LogP contribution in [0.3, 0.4) is 0 Å². The number of halogens is 2. The van der Waals surface area contributed by atoms with Gasteiger partial charge in [0.25, 0.3) is 5.91 Å². The fourth-order valence-electron chi connectivity index (χ4n) is 3.27. The SMILES string of the molecule is O=C(NO)C(Cc1ccccc1)n1ncc2cc(-c3c(F)cccc3F)ncc21. The van der Waals surface area contributed by atoms with Crippen LogP contribution in [0, 0.1) is 11.6 Å². The Bertz CT molecular complexity index is 1160. The summed E-state index contributed by atoms with van der Waals surface area (Å²) in [7, 11) is 0. The van der Waals surface area contributed by atoms with Gasteiger partial charge in [-0.25, -0.2) is 14.3 Å². The second-order valence-electron chi connectivity index (χ2n) is 6.50. The molecule has 1 atom stereocenters. The molecule has 8 heteroatoms. The highest BCUT2D eigenvalue weighted by Gasteiger charge is 2.24. The first kappa shape index (κ1) is 18.7. The predicted octanol–water partition coefficient (Wildman–Crippen LogP) is 3.67. The lowest BCUT2D eigenvalue weighted by Crippen LogP contribution is -2.32. The van der Waals surface area contributed by atoms with Gasteiger partial charge in [0.05, 0.1) is 29.2 Å². The van der Waals surface area contributed by atoms with E-state index in [0.717, 1.165) is 17.7 Å². The Morgan fingerprint density at radius 2 is 1.79 bits per heavy atom. The number of hydrogen-bond acceptors (Lipinski definition) is 4. The Morgan fingerprint density at radius 1 is 1.07 bits per heavy atom. The maximum atomic E-state index is 14.1. The van der Waals surface area contributed by atoms with Crippen molar-refractivity contribution in [1.82, 2.24) is 20.2 Å². The molecule has 4 rings (SSSR count). The first-order valence-corrected chi connectivity index (χ1v) is 8.84. The number of nitrogens with zero attached hydrogens (tertiary/aromatic N) is 3. The number of aromatic nitrogens is 3. The van der Waals surface area contributed by atoms with Gasteiger partial charge in [-0.15, -0.1) is 0 Å². The standard InChI is InChI=1S/C21H16F2N4O2/c22-15-7-4-8-16(23)20(15)17-10-14-11-25-27(19(14)12-24-17)18(21(28)26-29)9-13-5-2-1-3-6-13/h1-8,10-12,18,29H,9H2,(H,26,28). The zero-order chi connectivity index (χ0) is 20.4. The molecule has 2 aromatic carbocycles. The van der Waals surface area contributed by atoms with Crippen molar-refractivity contribution in [2.75, 3.05) is 0 Å². The van der Waals surface area contributed by atoms with Crippen molar-refractivity contribution in [2.45, 2.75) is 12.5 Å². The van der Waals surface area contributed by atoms with Gasteiger partial charge in [0.2, 0.25) is 0 Å². The number of carbonyl (C=O) groups excluding carboxylic acids is 1. The topological polar surface area (TPSA) is 80.0 Å². The van der Waals surface area contributed by atoms with E-state index >= 15 is 0 Å². The molecule has 4 aromatic rings. The third-order valence-electron chi connectivity index (χ3n) is 4.68. The molecular weight excluding hydrogens is 378 g/mol. The summed E-state index contributed by atoms with van der Waals surface area (Å²) in [6.45, 7) is 0. The van der Waals surface area contributed by atoms with Crippen LogP contribution in [0.4, 0.5) is 8.78 Å². The Morgan fingerprint density at radius 3 is 2.48 bits per heavy atom. The van der Waals surface area contributed by atoms with Crippen LogP contribution in [-0.2, 0) is 11.2 Å². The van der Waals surface area contributed by atoms with Crippen LogP contribution >= 0.6 is 0 Å². The lowest BCUT2D eigenvalue weighted by Gasteiger charge is -2.16.